The van der Waals surface area contributed by atoms with Crippen LogP contribution in [0.4, 0.5) is 0 Å². The minimum atomic E-state index is -2.22. The molecule has 1 saturated heterocycles. The summed E-state index contributed by atoms with van der Waals surface area (Å²) in [5, 5.41) is 181. The summed E-state index contributed by atoms with van der Waals surface area (Å²) in [4.78, 5) is 28.1. The van der Waals surface area contributed by atoms with E-state index in [0.717, 1.165) is 18.2 Å². The van der Waals surface area contributed by atoms with Gasteiger partial charge in [0.25, 0.3) is 0 Å². The lowest BCUT2D eigenvalue weighted by molar-refractivity contribution is -0.277. The van der Waals surface area contributed by atoms with Crippen LogP contribution < -0.4 is 14.9 Å². The second-order valence-corrected chi connectivity index (χ2v) is 15.3. The maximum absolute atomic E-state index is 14.4. The van der Waals surface area contributed by atoms with Gasteiger partial charge < -0.3 is 110 Å². The van der Waals surface area contributed by atoms with Gasteiger partial charge in [-0.1, -0.05) is 0 Å². The number of hydrogen-bond acceptors (Lipinski definition) is 24. The average Bonchev–Trinajstić information content (AvgIpc) is 3.27. The van der Waals surface area contributed by atoms with Crippen molar-refractivity contribution in [3.05, 3.63) is 75.4 Å². The van der Waals surface area contributed by atoms with Gasteiger partial charge in [0.15, 0.2) is 52.1 Å². The number of ether oxygens (including phenoxy) is 4. The summed E-state index contributed by atoms with van der Waals surface area (Å²) in [5.41, 5.74) is -6.12. The highest BCUT2D eigenvalue weighted by atomic mass is 16.7. The Morgan fingerprint density at radius 2 is 1.24 bits per heavy atom. The number of aromatic hydroxyl groups is 13. The maximum Gasteiger partial charge on any atom is 0.338 e. The Labute approximate surface area is 371 Å². The molecule has 0 radical (unpaired) electrons. The zero-order valence-electron chi connectivity index (χ0n) is 33.5. The fraction of sp³-hybridized carbons (Fsp3) is 0.209. The van der Waals surface area contributed by atoms with Gasteiger partial charge in [-0.05, 0) is 24.3 Å². The molecule has 0 bridgehead atoms. The molecular weight excluding hydrogens is 900 g/mol. The highest BCUT2D eigenvalue weighted by Gasteiger charge is 2.46. The van der Waals surface area contributed by atoms with Crippen molar-refractivity contribution in [2.45, 2.75) is 49.3 Å². The van der Waals surface area contributed by atoms with Gasteiger partial charge in [0.05, 0.1) is 12.2 Å². The molecule has 17 N–H and O–H groups in total. The van der Waals surface area contributed by atoms with Crippen molar-refractivity contribution in [2.75, 3.05) is 6.61 Å². The van der Waals surface area contributed by atoms with Gasteiger partial charge in [0.1, 0.15) is 70.2 Å². The number of hydrogen-bond donors (Lipinski definition) is 17. The van der Waals surface area contributed by atoms with Crippen molar-refractivity contribution in [2.24, 2.45) is 0 Å². The van der Waals surface area contributed by atoms with Crippen LogP contribution in [-0.4, -0.2) is 136 Å². The van der Waals surface area contributed by atoms with Crippen molar-refractivity contribution in [1.82, 2.24) is 0 Å². The van der Waals surface area contributed by atoms with Crippen LogP contribution in [0.15, 0.2) is 57.7 Å². The van der Waals surface area contributed by atoms with Gasteiger partial charge in [0.2, 0.25) is 29.0 Å². The summed E-state index contributed by atoms with van der Waals surface area (Å²) in [6, 6.07) is 6.07. The largest absolute Gasteiger partial charge is 0.508 e. The number of aliphatic hydroxyl groups excluding tert-OH is 4. The van der Waals surface area contributed by atoms with E-state index in [2.05, 4.69) is 0 Å². The van der Waals surface area contributed by atoms with Crippen LogP contribution in [0.1, 0.15) is 27.6 Å². The Balaban J connectivity index is 1.40. The number of benzene rings is 5. The Morgan fingerprint density at radius 3 is 1.90 bits per heavy atom. The standard InChI is InChI=1S/C43H36O24/c44-10-26-33(56)37(60)38(61)43(66-26)67-41-36(59)29-18(48)4-13(46)6-24(29)64-40(41)16-8-22(52)32(55)35(58)28(16)27-15(7-21(51)31(54)34(27)57)39-25(9-14-17(47)3-12(45)5-23(14)63-39)65-42(62)11-1-19(49)30(53)20(50)2-11/h1-8,25-26,33,37-39,43-58,60-61H,9-10H2/t25-,26-,33-,37+,38-,39-,43+/m1/s1. The minimum Gasteiger partial charge on any atom is -0.508 e. The van der Waals surface area contributed by atoms with E-state index in [4.69, 9.17) is 23.4 Å². The fourth-order valence-electron chi connectivity index (χ4n) is 7.80. The molecule has 24 heteroatoms. The number of carbonyl (C=O) groups is 1. The van der Waals surface area contributed by atoms with Crippen LogP contribution in [0, 0.1) is 0 Å². The summed E-state index contributed by atoms with van der Waals surface area (Å²) in [7, 11) is 0. The summed E-state index contributed by atoms with van der Waals surface area (Å²) < 4.78 is 29.0. The highest BCUT2D eigenvalue weighted by Crippen LogP contribution is 2.58. The van der Waals surface area contributed by atoms with E-state index in [1.807, 2.05) is 0 Å². The Kier molecular flexibility index (Phi) is 11.1. The van der Waals surface area contributed by atoms with E-state index < -0.39 is 192 Å². The molecule has 0 saturated carbocycles. The quantitative estimate of drug-likeness (QED) is 0.0757. The van der Waals surface area contributed by atoms with Crippen LogP contribution in [0.25, 0.3) is 33.4 Å². The van der Waals surface area contributed by atoms with Gasteiger partial charge in [-0.25, -0.2) is 4.79 Å². The molecule has 0 unspecified atom stereocenters. The molecule has 2 aliphatic rings. The van der Waals surface area contributed by atoms with Gasteiger partial charge >= 0.3 is 5.97 Å². The SMILES string of the molecule is O=C(O[C@@H]1Cc2c(O)cc(O)cc2O[C@@H]1c1cc(O)c(O)c(O)c1-c1c(-c2oc3cc(O)cc(O)c3c(=O)c2O[C@@H]2O[C@H](CO)[C@@H](O)[C@H](O)[C@H]2O)cc(O)c(O)c1O)c1cc(O)c(O)c(O)c1. The predicted molar refractivity (Wildman–Crippen MR) is 219 cm³/mol. The maximum atomic E-state index is 14.4. The van der Waals surface area contributed by atoms with Crippen molar-refractivity contribution in [3.8, 4) is 109 Å². The molecule has 1 fully saturated rings. The lowest BCUT2D eigenvalue weighted by Gasteiger charge is -2.39. The minimum absolute atomic E-state index is 0.123. The number of esters is 1. The van der Waals surface area contributed by atoms with Crippen molar-refractivity contribution < 1.29 is 115 Å². The van der Waals surface area contributed by atoms with Crippen LogP contribution in [0.3, 0.4) is 0 Å². The lowest BCUT2D eigenvalue weighted by Crippen LogP contribution is -2.60. The van der Waals surface area contributed by atoms with E-state index in [0.29, 0.717) is 30.3 Å². The van der Waals surface area contributed by atoms with Gasteiger partial charge in [-0.15, -0.1) is 0 Å². The fourth-order valence-corrected chi connectivity index (χ4v) is 7.80. The van der Waals surface area contributed by atoms with Crippen LogP contribution >= 0.6 is 0 Å². The zero-order valence-corrected chi connectivity index (χ0v) is 33.5. The number of phenols is 13. The smallest absolute Gasteiger partial charge is 0.338 e. The molecule has 8 rings (SSSR count). The third-order valence-corrected chi connectivity index (χ3v) is 11.1. The second-order valence-electron chi connectivity index (χ2n) is 15.3. The molecule has 2 aliphatic heterocycles. The second kappa shape index (κ2) is 16.5. The molecule has 24 nitrogen and oxygen atoms in total. The Bertz CT molecular complexity index is 3050. The van der Waals surface area contributed by atoms with Gasteiger partial charge in [-0.2, -0.15) is 0 Å². The molecule has 1 aromatic heterocycles. The molecule has 7 atom stereocenters. The van der Waals surface area contributed by atoms with Crippen molar-refractivity contribution in [1.29, 1.82) is 0 Å². The van der Waals surface area contributed by atoms with E-state index in [1.165, 1.54) is 0 Å². The number of fused-ring (bicyclic) bond motifs is 2. The van der Waals surface area contributed by atoms with E-state index >= 15 is 0 Å². The summed E-state index contributed by atoms with van der Waals surface area (Å²) in [5.74, 6) is -17.5. The Morgan fingerprint density at radius 1 is 0.642 bits per heavy atom. The third kappa shape index (κ3) is 7.54. The molecule has 0 amide bonds. The molecule has 5 aromatic carbocycles. The average molecular weight is 937 g/mol. The highest BCUT2D eigenvalue weighted by molar-refractivity contribution is 5.98. The first-order chi connectivity index (χ1) is 31.6. The zero-order chi connectivity index (χ0) is 48.7. The molecule has 0 spiro atoms. The number of aliphatic hydroxyl groups is 4. The molecule has 6 aromatic rings. The molecule has 67 heavy (non-hydrogen) atoms. The van der Waals surface area contributed by atoms with Crippen LogP contribution in [0.5, 0.6) is 86.2 Å². The molecule has 3 heterocycles. The van der Waals surface area contributed by atoms with Gasteiger partial charge in [-0.3, -0.25) is 4.79 Å². The van der Waals surface area contributed by atoms with Crippen LogP contribution in [-0.2, 0) is 15.9 Å². The third-order valence-electron chi connectivity index (χ3n) is 11.1. The van der Waals surface area contributed by atoms with Crippen molar-refractivity contribution in [3.63, 3.8) is 0 Å². The summed E-state index contributed by atoms with van der Waals surface area (Å²) in [6.45, 7) is -0.983. The number of phenolic OH excluding ortho intramolecular Hbond substituents is 13. The summed E-state index contributed by atoms with van der Waals surface area (Å²) in [6.07, 6.45) is -14.4. The molecule has 352 valence electrons. The number of rotatable bonds is 8. The van der Waals surface area contributed by atoms with E-state index in [-0.39, 0.29) is 11.3 Å². The van der Waals surface area contributed by atoms with E-state index in [1.54, 1.807) is 0 Å². The first-order valence-electron chi connectivity index (χ1n) is 19.3. The normalized spacial score (nSPS) is 21.3. The predicted octanol–water partition coefficient (Wildman–Crippen LogP) is 1.38. The lowest BCUT2D eigenvalue weighted by atomic mass is 9.85. The first kappa shape index (κ1) is 45.2. The molecular formula is C43H36O24. The summed E-state index contributed by atoms with van der Waals surface area (Å²) >= 11 is 0. The van der Waals surface area contributed by atoms with Gasteiger partial charge in [0, 0.05) is 58.5 Å². The van der Waals surface area contributed by atoms with Crippen molar-refractivity contribution >= 4 is 16.9 Å². The van der Waals surface area contributed by atoms with E-state index in [9.17, 15) is 96.4 Å². The van der Waals surface area contributed by atoms with Crippen LogP contribution in [0.2, 0.25) is 0 Å². The Hall–Kier alpha value is -8.42. The number of carbonyl (C=O) groups excluding carboxylic acids is 1. The molecule has 0 aliphatic carbocycles. The first-order valence-corrected chi connectivity index (χ1v) is 19.3. The monoisotopic (exact) mass is 936 g/mol. The topological polar surface area (TPSA) is 428 Å².